The van der Waals surface area contributed by atoms with Crippen molar-refractivity contribution in [3.63, 3.8) is 0 Å². The second-order valence-electron chi connectivity index (χ2n) is 4.76. The van der Waals surface area contributed by atoms with Crippen LogP contribution in [-0.2, 0) is 6.61 Å². The number of anilines is 3. The van der Waals surface area contributed by atoms with Gasteiger partial charge in [-0.2, -0.15) is 15.0 Å². The topological polar surface area (TPSA) is 86.0 Å². The highest BCUT2D eigenvalue weighted by molar-refractivity contribution is 6.37. The first-order chi connectivity index (χ1) is 11.6. The summed E-state index contributed by atoms with van der Waals surface area (Å²) in [6.45, 7) is 0.0552. The van der Waals surface area contributed by atoms with Crippen molar-refractivity contribution < 1.29 is 4.74 Å². The number of nitrogens with one attached hydrogen (secondary N) is 1. The molecule has 0 atom stereocenters. The number of halogens is 2. The number of nitrogens with two attached hydrogens (primary N) is 1. The molecule has 0 amide bonds. The first-order valence-corrected chi connectivity index (χ1v) is 7.77. The van der Waals surface area contributed by atoms with Gasteiger partial charge in [0.25, 0.3) is 0 Å². The maximum atomic E-state index is 6.07. The number of nitrogens with zero attached hydrogens (tertiary/aromatic N) is 3. The third kappa shape index (κ3) is 4.04. The number of aromatic nitrogens is 3. The standard InChI is InChI=1S/C16H13Cl2N5O/c17-11-7-4-8-12(18)14(11)24-9-13-21-15(19)23-16(22-13)20-10-5-2-1-3-6-10/h1-8H,9H2,(H3,19,20,21,22,23). The molecule has 6 nitrogen and oxygen atoms in total. The van der Waals surface area contributed by atoms with Crippen LogP contribution in [-0.4, -0.2) is 15.0 Å². The molecule has 8 heteroatoms. The van der Waals surface area contributed by atoms with Crippen LogP contribution in [0.2, 0.25) is 10.0 Å². The number of para-hydroxylation sites is 2. The third-order valence-corrected chi connectivity index (χ3v) is 3.59. The second-order valence-corrected chi connectivity index (χ2v) is 5.58. The SMILES string of the molecule is Nc1nc(COc2c(Cl)cccc2Cl)nc(Nc2ccccc2)n1. The summed E-state index contributed by atoms with van der Waals surface area (Å²) in [6, 6.07) is 14.6. The van der Waals surface area contributed by atoms with Gasteiger partial charge in [0.15, 0.2) is 11.6 Å². The lowest BCUT2D eigenvalue weighted by Crippen LogP contribution is -2.09. The Labute approximate surface area is 148 Å². The largest absolute Gasteiger partial charge is 0.482 e. The summed E-state index contributed by atoms with van der Waals surface area (Å²) in [4.78, 5) is 12.4. The van der Waals surface area contributed by atoms with Gasteiger partial charge in [-0.3, -0.25) is 0 Å². The predicted molar refractivity (Wildman–Crippen MR) is 94.8 cm³/mol. The predicted octanol–water partition coefficient (Wildman–Crippen LogP) is 4.08. The van der Waals surface area contributed by atoms with E-state index in [0.29, 0.717) is 27.6 Å². The van der Waals surface area contributed by atoms with Gasteiger partial charge in [-0.15, -0.1) is 0 Å². The van der Waals surface area contributed by atoms with E-state index in [9.17, 15) is 0 Å². The summed E-state index contributed by atoms with van der Waals surface area (Å²) in [5, 5.41) is 3.87. The van der Waals surface area contributed by atoms with Gasteiger partial charge in [0.05, 0.1) is 10.0 Å². The van der Waals surface area contributed by atoms with E-state index in [2.05, 4.69) is 20.3 Å². The molecule has 3 aromatic rings. The van der Waals surface area contributed by atoms with Crippen molar-refractivity contribution in [2.24, 2.45) is 0 Å². The van der Waals surface area contributed by atoms with Crippen molar-refractivity contribution >= 4 is 40.8 Å². The number of rotatable bonds is 5. The molecule has 0 saturated heterocycles. The number of nitrogen functional groups attached to an aromatic ring is 1. The third-order valence-electron chi connectivity index (χ3n) is 2.99. The first-order valence-electron chi connectivity index (χ1n) is 7.01. The van der Waals surface area contributed by atoms with E-state index >= 15 is 0 Å². The minimum atomic E-state index is 0.0552. The number of ether oxygens (including phenoxy) is 1. The average molecular weight is 362 g/mol. The molecular weight excluding hydrogens is 349 g/mol. The van der Waals surface area contributed by atoms with Gasteiger partial charge < -0.3 is 15.8 Å². The maximum Gasteiger partial charge on any atom is 0.232 e. The first kappa shape index (κ1) is 16.3. The van der Waals surface area contributed by atoms with Gasteiger partial charge in [0, 0.05) is 5.69 Å². The normalized spacial score (nSPS) is 10.4. The minimum Gasteiger partial charge on any atom is -0.482 e. The van der Waals surface area contributed by atoms with E-state index in [1.165, 1.54) is 0 Å². The number of benzene rings is 2. The van der Waals surface area contributed by atoms with Crippen LogP contribution in [0.25, 0.3) is 0 Å². The highest BCUT2D eigenvalue weighted by atomic mass is 35.5. The molecule has 3 rings (SSSR count). The van der Waals surface area contributed by atoms with Gasteiger partial charge in [-0.1, -0.05) is 47.5 Å². The molecule has 0 unspecified atom stereocenters. The number of hydrogen-bond donors (Lipinski definition) is 2. The minimum absolute atomic E-state index is 0.0552. The highest BCUT2D eigenvalue weighted by Gasteiger charge is 2.10. The lowest BCUT2D eigenvalue weighted by atomic mass is 10.3. The monoisotopic (exact) mass is 361 g/mol. The zero-order chi connectivity index (χ0) is 16.9. The fraction of sp³-hybridized carbons (Fsp3) is 0.0625. The van der Waals surface area contributed by atoms with E-state index in [0.717, 1.165) is 5.69 Å². The Kier molecular flexibility index (Phi) is 4.98. The van der Waals surface area contributed by atoms with E-state index in [1.54, 1.807) is 18.2 Å². The van der Waals surface area contributed by atoms with Crippen molar-refractivity contribution in [2.45, 2.75) is 6.61 Å². The Morgan fingerprint density at radius 3 is 2.33 bits per heavy atom. The van der Waals surface area contributed by atoms with Gasteiger partial charge in [-0.05, 0) is 24.3 Å². The molecule has 0 radical (unpaired) electrons. The summed E-state index contributed by atoms with van der Waals surface area (Å²) >= 11 is 12.1. The molecular formula is C16H13Cl2N5O. The molecule has 0 aliphatic heterocycles. The van der Waals surface area contributed by atoms with Crippen molar-refractivity contribution in [3.05, 3.63) is 64.4 Å². The fourth-order valence-corrected chi connectivity index (χ4v) is 2.47. The van der Waals surface area contributed by atoms with Gasteiger partial charge in [-0.25, -0.2) is 0 Å². The van der Waals surface area contributed by atoms with Crippen LogP contribution in [0.3, 0.4) is 0 Å². The van der Waals surface area contributed by atoms with Gasteiger partial charge in [0.2, 0.25) is 11.9 Å². The smallest absolute Gasteiger partial charge is 0.232 e. The molecule has 3 N–H and O–H groups in total. The average Bonchev–Trinajstić information content (AvgIpc) is 2.55. The lowest BCUT2D eigenvalue weighted by Gasteiger charge is -2.10. The Hall–Kier alpha value is -2.57. The molecule has 0 spiro atoms. The highest BCUT2D eigenvalue weighted by Crippen LogP contribution is 2.32. The quantitative estimate of drug-likeness (QED) is 0.711. The van der Waals surface area contributed by atoms with Crippen molar-refractivity contribution in [3.8, 4) is 5.75 Å². The Balaban J connectivity index is 1.77. The Morgan fingerprint density at radius 1 is 0.917 bits per heavy atom. The summed E-state index contributed by atoms with van der Waals surface area (Å²) < 4.78 is 5.61. The van der Waals surface area contributed by atoms with E-state index in [-0.39, 0.29) is 12.6 Å². The molecule has 0 bridgehead atoms. The number of hydrogen-bond acceptors (Lipinski definition) is 6. The fourth-order valence-electron chi connectivity index (χ4n) is 1.97. The van der Waals surface area contributed by atoms with E-state index in [4.69, 9.17) is 33.7 Å². The van der Waals surface area contributed by atoms with Crippen molar-refractivity contribution in [2.75, 3.05) is 11.1 Å². The summed E-state index contributed by atoms with van der Waals surface area (Å²) in [6.07, 6.45) is 0. The van der Waals surface area contributed by atoms with Crippen LogP contribution in [0.4, 0.5) is 17.6 Å². The van der Waals surface area contributed by atoms with Crippen LogP contribution in [0.1, 0.15) is 5.82 Å². The molecule has 1 heterocycles. The molecule has 0 aliphatic carbocycles. The van der Waals surface area contributed by atoms with Crippen molar-refractivity contribution in [1.29, 1.82) is 0 Å². The summed E-state index contributed by atoms with van der Waals surface area (Å²) in [5.74, 6) is 1.15. The van der Waals surface area contributed by atoms with Crippen LogP contribution >= 0.6 is 23.2 Å². The zero-order valence-electron chi connectivity index (χ0n) is 12.4. The van der Waals surface area contributed by atoms with Gasteiger partial charge >= 0.3 is 0 Å². The Morgan fingerprint density at radius 2 is 1.62 bits per heavy atom. The van der Waals surface area contributed by atoms with E-state index < -0.39 is 0 Å². The second kappa shape index (κ2) is 7.33. The van der Waals surface area contributed by atoms with Gasteiger partial charge in [0.1, 0.15) is 6.61 Å². The Bertz CT molecular complexity index is 825. The molecule has 0 fully saturated rings. The molecule has 0 saturated carbocycles. The zero-order valence-corrected chi connectivity index (χ0v) is 13.9. The molecule has 24 heavy (non-hydrogen) atoms. The molecule has 1 aromatic heterocycles. The van der Waals surface area contributed by atoms with Crippen LogP contribution in [0.15, 0.2) is 48.5 Å². The molecule has 122 valence electrons. The molecule has 0 aliphatic rings. The van der Waals surface area contributed by atoms with Crippen LogP contribution in [0, 0.1) is 0 Å². The maximum absolute atomic E-state index is 6.07. The van der Waals surface area contributed by atoms with Crippen LogP contribution < -0.4 is 15.8 Å². The summed E-state index contributed by atoms with van der Waals surface area (Å²) in [5.41, 5.74) is 6.57. The van der Waals surface area contributed by atoms with E-state index in [1.807, 2.05) is 30.3 Å². The summed E-state index contributed by atoms with van der Waals surface area (Å²) in [7, 11) is 0. The van der Waals surface area contributed by atoms with Crippen molar-refractivity contribution in [1.82, 2.24) is 15.0 Å². The molecule has 2 aromatic carbocycles. The van der Waals surface area contributed by atoms with Crippen LogP contribution in [0.5, 0.6) is 5.75 Å². The lowest BCUT2D eigenvalue weighted by molar-refractivity contribution is 0.296.